The molecule has 1 atom stereocenters. The summed E-state index contributed by atoms with van der Waals surface area (Å²) < 4.78 is 0. The van der Waals surface area contributed by atoms with Crippen molar-refractivity contribution in [1.82, 2.24) is 0 Å². The molecule has 3 nitrogen and oxygen atoms in total. The molecule has 0 saturated carbocycles. The fraction of sp³-hybridized carbons (Fsp3) is 0.857. The summed E-state index contributed by atoms with van der Waals surface area (Å²) in [5.41, 5.74) is 0. The highest BCUT2D eigenvalue weighted by atomic mass is 16.2. The summed E-state index contributed by atoms with van der Waals surface area (Å²) in [5.74, 6) is 1.96. The molecule has 0 rings (SSSR count). The molecule has 0 bridgehead atoms. The average Bonchev–Trinajstić information content (AvgIpc) is 2.26. The van der Waals surface area contributed by atoms with E-state index in [1.807, 2.05) is 6.92 Å². The Bertz CT molecular complexity index is 216. The Balaban J connectivity index is 0. The predicted molar refractivity (Wildman–Crippen MR) is 67.4 cm³/mol. The number of hydrogen-bond acceptors (Lipinski definition) is 3. The predicted octanol–water partition coefficient (Wildman–Crippen LogP) is 3.62. The van der Waals surface area contributed by atoms with E-state index in [-0.39, 0.29) is 6.15 Å². The number of carbonyl (C=O) groups is 1. The monoisotopic (exact) mass is 242 g/mol. The summed E-state index contributed by atoms with van der Waals surface area (Å²) in [4.78, 5) is 27.3. The average molecular weight is 242 g/mol. The Morgan fingerprint density at radius 1 is 1.06 bits per heavy atom. The molecule has 0 heterocycles. The first-order chi connectivity index (χ1) is 7.97. The largest absolute Gasteiger partial charge is 0.373 e. The highest BCUT2D eigenvalue weighted by Gasteiger charge is 2.05. The van der Waals surface area contributed by atoms with Gasteiger partial charge in [0.15, 0.2) is 0 Å². The third-order valence-electron chi connectivity index (χ3n) is 2.79. The molecule has 0 aliphatic rings. The van der Waals surface area contributed by atoms with Crippen molar-refractivity contribution in [3.05, 3.63) is 0 Å². The molecule has 0 aliphatic heterocycles. The van der Waals surface area contributed by atoms with Gasteiger partial charge in [-0.25, -0.2) is 0 Å². The smallest absolute Gasteiger partial charge is 0.300 e. The second-order valence-corrected chi connectivity index (χ2v) is 4.94. The van der Waals surface area contributed by atoms with E-state index < -0.39 is 0 Å². The Labute approximate surface area is 105 Å². The van der Waals surface area contributed by atoms with E-state index in [4.69, 9.17) is 9.59 Å². The fourth-order valence-corrected chi connectivity index (χ4v) is 1.60. The first kappa shape index (κ1) is 18.4. The van der Waals surface area contributed by atoms with E-state index in [1.54, 1.807) is 0 Å². The van der Waals surface area contributed by atoms with Crippen LogP contribution in [-0.2, 0) is 14.4 Å². The maximum absolute atomic E-state index is 11.1. The minimum atomic E-state index is 0.250. The molecule has 0 aromatic carbocycles. The highest BCUT2D eigenvalue weighted by molar-refractivity contribution is 5.77. The summed E-state index contributed by atoms with van der Waals surface area (Å²) in [6, 6.07) is 0. The van der Waals surface area contributed by atoms with Crippen molar-refractivity contribution in [2.45, 2.75) is 66.2 Å². The maximum Gasteiger partial charge on any atom is 0.373 e. The molecular weight excluding hydrogens is 216 g/mol. The van der Waals surface area contributed by atoms with Crippen LogP contribution >= 0.6 is 0 Å². The molecular formula is C14H26O3. The minimum absolute atomic E-state index is 0.250. The zero-order valence-electron chi connectivity index (χ0n) is 11.6. The Kier molecular flexibility index (Phi) is 14.2. The Morgan fingerprint density at radius 3 is 2.00 bits per heavy atom. The van der Waals surface area contributed by atoms with E-state index >= 15 is 0 Å². The van der Waals surface area contributed by atoms with Gasteiger partial charge in [0.25, 0.3) is 0 Å². The lowest BCUT2D eigenvalue weighted by molar-refractivity contribution is -0.191. The molecule has 0 spiro atoms. The van der Waals surface area contributed by atoms with Crippen molar-refractivity contribution in [1.29, 1.82) is 0 Å². The van der Waals surface area contributed by atoms with Gasteiger partial charge in [-0.2, -0.15) is 9.59 Å². The van der Waals surface area contributed by atoms with Crippen LogP contribution in [0.2, 0.25) is 0 Å². The third-order valence-corrected chi connectivity index (χ3v) is 2.79. The van der Waals surface area contributed by atoms with Gasteiger partial charge in [0, 0.05) is 12.8 Å². The summed E-state index contributed by atoms with van der Waals surface area (Å²) in [6.07, 6.45) is 6.77. The van der Waals surface area contributed by atoms with Crippen molar-refractivity contribution < 1.29 is 14.4 Å². The minimum Gasteiger partial charge on any atom is -0.300 e. The number of ketones is 1. The molecule has 0 aromatic rings. The lowest BCUT2D eigenvalue weighted by Crippen LogP contribution is -2.01. The zero-order valence-corrected chi connectivity index (χ0v) is 11.6. The Morgan fingerprint density at radius 2 is 1.59 bits per heavy atom. The standard InChI is InChI=1S/C13H26O.CO2/c1-5-13(14)10-9-12(4)8-6-7-11(2)3;2-1-3/h11-12H,5-10H2,1-4H3;. The van der Waals surface area contributed by atoms with Crippen LogP contribution in [0, 0.1) is 11.8 Å². The quantitative estimate of drug-likeness (QED) is 0.653. The van der Waals surface area contributed by atoms with E-state index in [0.717, 1.165) is 24.7 Å². The number of carbonyl (C=O) groups excluding carboxylic acids is 3. The van der Waals surface area contributed by atoms with Crippen LogP contribution in [0.3, 0.4) is 0 Å². The first-order valence-electron chi connectivity index (χ1n) is 6.48. The van der Waals surface area contributed by atoms with Crippen LogP contribution in [-0.4, -0.2) is 11.9 Å². The van der Waals surface area contributed by atoms with E-state index in [2.05, 4.69) is 20.8 Å². The molecule has 0 saturated heterocycles. The summed E-state index contributed by atoms with van der Waals surface area (Å²) >= 11 is 0. The normalized spacial score (nSPS) is 11.4. The number of hydrogen-bond donors (Lipinski definition) is 0. The first-order valence-corrected chi connectivity index (χ1v) is 6.48. The van der Waals surface area contributed by atoms with Gasteiger partial charge in [0.05, 0.1) is 0 Å². The molecule has 17 heavy (non-hydrogen) atoms. The molecule has 0 radical (unpaired) electrons. The second kappa shape index (κ2) is 13.1. The van der Waals surface area contributed by atoms with Crippen molar-refractivity contribution in [3.63, 3.8) is 0 Å². The molecule has 100 valence electrons. The van der Waals surface area contributed by atoms with Crippen LogP contribution in [0.25, 0.3) is 0 Å². The second-order valence-electron chi connectivity index (χ2n) is 4.94. The summed E-state index contributed by atoms with van der Waals surface area (Å²) in [7, 11) is 0. The molecule has 3 heteroatoms. The Hall–Kier alpha value is -0.950. The van der Waals surface area contributed by atoms with Crippen LogP contribution in [0.5, 0.6) is 0 Å². The zero-order chi connectivity index (χ0) is 13.7. The van der Waals surface area contributed by atoms with Gasteiger partial charge in [0.2, 0.25) is 0 Å². The maximum atomic E-state index is 11.1. The van der Waals surface area contributed by atoms with Gasteiger partial charge >= 0.3 is 6.15 Å². The molecule has 0 fully saturated rings. The van der Waals surface area contributed by atoms with Crippen molar-refractivity contribution >= 4 is 11.9 Å². The van der Waals surface area contributed by atoms with Crippen LogP contribution < -0.4 is 0 Å². The topological polar surface area (TPSA) is 51.2 Å². The third kappa shape index (κ3) is 17.7. The molecule has 1 unspecified atom stereocenters. The van der Waals surface area contributed by atoms with Crippen LogP contribution in [0.15, 0.2) is 0 Å². The lowest BCUT2D eigenvalue weighted by atomic mass is 9.95. The number of Topliss-reactive ketones (excluding diaryl/α,β-unsaturated/α-hetero) is 1. The molecule has 0 N–H and O–H groups in total. The van der Waals surface area contributed by atoms with E-state index in [1.165, 1.54) is 19.3 Å². The van der Waals surface area contributed by atoms with E-state index in [9.17, 15) is 4.79 Å². The van der Waals surface area contributed by atoms with Gasteiger partial charge in [-0.1, -0.05) is 47.0 Å². The number of rotatable bonds is 8. The molecule has 0 aliphatic carbocycles. The van der Waals surface area contributed by atoms with Gasteiger partial charge in [-0.15, -0.1) is 0 Å². The molecule has 0 amide bonds. The highest BCUT2D eigenvalue weighted by Crippen LogP contribution is 2.16. The van der Waals surface area contributed by atoms with Crippen LogP contribution in [0.4, 0.5) is 0 Å². The van der Waals surface area contributed by atoms with Gasteiger partial charge < -0.3 is 0 Å². The summed E-state index contributed by atoms with van der Waals surface area (Å²) in [6.45, 7) is 8.76. The lowest BCUT2D eigenvalue weighted by Gasteiger charge is -2.11. The van der Waals surface area contributed by atoms with Crippen LogP contribution in [0.1, 0.15) is 66.2 Å². The van der Waals surface area contributed by atoms with Crippen molar-refractivity contribution in [3.8, 4) is 0 Å². The fourth-order valence-electron chi connectivity index (χ4n) is 1.60. The van der Waals surface area contributed by atoms with Gasteiger partial charge in [-0.05, 0) is 18.3 Å². The molecule has 0 aromatic heterocycles. The van der Waals surface area contributed by atoms with Crippen molar-refractivity contribution in [2.75, 3.05) is 0 Å². The van der Waals surface area contributed by atoms with E-state index in [0.29, 0.717) is 12.2 Å². The SMILES string of the molecule is CCC(=O)CCC(C)CCCC(C)C.O=C=O. The van der Waals surface area contributed by atoms with Crippen molar-refractivity contribution in [2.24, 2.45) is 11.8 Å². The van der Waals surface area contributed by atoms with Gasteiger partial charge in [-0.3, -0.25) is 4.79 Å². The van der Waals surface area contributed by atoms with Gasteiger partial charge in [0.1, 0.15) is 5.78 Å². The summed E-state index contributed by atoms with van der Waals surface area (Å²) in [5, 5.41) is 0.